The number of carbonyl (C=O) groups is 1. The van der Waals surface area contributed by atoms with Crippen molar-refractivity contribution < 1.29 is 14.3 Å². The molecule has 1 aromatic heterocycles. The van der Waals surface area contributed by atoms with Crippen LogP contribution in [0.2, 0.25) is 0 Å². The minimum absolute atomic E-state index is 0.0948. The Morgan fingerprint density at radius 1 is 1.71 bits per heavy atom. The fraction of sp³-hybridized carbons (Fsp3) is 0.556. The molecule has 1 rings (SSSR count). The molecule has 0 aliphatic heterocycles. The molecule has 0 N–H and O–H groups in total. The van der Waals surface area contributed by atoms with Gasteiger partial charge in [-0.1, -0.05) is 0 Å². The third-order valence-electron chi connectivity index (χ3n) is 1.77. The van der Waals surface area contributed by atoms with Crippen molar-refractivity contribution in [3.8, 4) is 0 Å². The summed E-state index contributed by atoms with van der Waals surface area (Å²) in [5.41, 5.74) is 0.316. The Kier molecular flexibility index (Phi) is 3.64. The van der Waals surface area contributed by atoms with E-state index in [2.05, 4.69) is 5.10 Å². The molecule has 0 fully saturated rings. The van der Waals surface area contributed by atoms with Crippen molar-refractivity contribution in [3.05, 3.63) is 18.0 Å². The van der Waals surface area contributed by atoms with E-state index in [-0.39, 0.29) is 12.7 Å². The molecule has 0 bridgehead atoms. The first-order valence-electron chi connectivity index (χ1n) is 4.33. The number of aromatic nitrogens is 2. The number of rotatable bonds is 4. The van der Waals surface area contributed by atoms with E-state index in [4.69, 9.17) is 9.47 Å². The lowest BCUT2D eigenvalue weighted by Gasteiger charge is -2.08. The van der Waals surface area contributed by atoms with Gasteiger partial charge >= 0.3 is 5.97 Å². The molecule has 0 unspecified atom stereocenters. The third kappa shape index (κ3) is 2.85. The zero-order valence-corrected chi connectivity index (χ0v) is 8.56. The number of hydrogen-bond donors (Lipinski definition) is 0. The van der Waals surface area contributed by atoms with Crippen LogP contribution in [-0.2, 0) is 16.5 Å². The Balaban J connectivity index is 2.43. The van der Waals surface area contributed by atoms with Gasteiger partial charge in [-0.3, -0.25) is 4.68 Å². The van der Waals surface area contributed by atoms with Crippen molar-refractivity contribution in [3.63, 3.8) is 0 Å². The Morgan fingerprint density at radius 3 is 2.93 bits per heavy atom. The van der Waals surface area contributed by atoms with Crippen LogP contribution in [-0.4, -0.2) is 35.6 Å². The molecule has 0 aliphatic rings. The molecule has 1 aromatic rings. The lowest BCUT2D eigenvalue weighted by atomic mass is 10.4. The molecule has 14 heavy (non-hydrogen) atoms. The maximum atomic E-state index is 11.3. The van der Waals surface area contributed by atoms with Gasteiger partial charge in [0.1, 0.15) is 6.61 Å². The van der Waals surface area contributed by atoms with Gasteiger partial charge in [0.05, 0.1) is 6.10 Å². The molecule has 0 spiro atoms. The highest BCUT2D eigenvalue weighted by molar-refractivity contribution is 5.87. The molecule has 5 nitrogen and oxygen atoms in total. The molecule has 1 heterocycles. The van der Waals surface area contributed by atoms with E-state index in [1.807, 2.05) is 6.92 Å². The molecule has 0 radical (unpaired) electrons. The molecular formula is C9H14N2O3. The summed E-state index contributed by atoms with van der Waals surface area (Å²) < 4.78 is 11.4. The van der Waals surface area contributed by atoms with Gasteiger partial charge in [0.25, 0.3) is 0 Å². The monoisotopic (exact) mass is 198 g/mol. The van der Waals surface area contributed by atoms with Gasteiger partial charge in [-0.15, -0.1) is 0 Å². The highest BCUT2D eigenvalue weighted by Crippen LogP contribution is 1.99. The first-order valence-corrected chi connectivity index (χ1v) is 4.33. The smallest absolute Gasteiger partial charge is 0.358 e. The highest BCUT2D eigenvalue weighted by Gasteiger charge is 2.11. The number of ether oxygens (including phenoxy) is 2. The summed E-state index contributed by atoms with van der Waals surface area (Å²) in [7, 11) is 3.31. The average Bonchev–Trinajstić information content (AvgIpc) is 2.60. The summed E-state index contributed by atoms with van der Waals surface area (Å²) in [5, 5.41) is 3.92. The summed E-state index contributed by atoms with van der Waals surface area (Å²) in [6.07, 6.45) is 1.60. The van der Waals surface area contributed by atoms with Gasteiger partial charge in [-0.2, -0.15) is 5.10 Å². The van der Waals surface area contributed by atoms with E-state index >= 15 is 0 Å². The van der Waals surface area contributed by atoms with E-state index < -0.39 is 5.97 Å². The molecule has 0 amide bonds. The fourth-order valence-corrected chi connectivity index (χ4v) is 0.859. The molecule has 1 atom stereocenters. The van der Waals surface area contributed by atoms with E-state index in [1.165, 1.54) is 0 Å². The van der Waals surface area contributed by atoms with Crippen LogP contribution in [0.5, 0.6) is 0 Å². The van der Waals surface area contributed by atoms with Crippen molar-refractivity contribution in [2.45, 2.75) is 13.0 Å². The van der Waals surface area contributed by atoms with E-state index in [0.717, 1.165) is 0 Å². The lowest BCUT2D eigenvalue weighted by molar-refractivity contribution is 0.0163. The van der Waals surface area contributed by atoms with Crippen LogP contribution < -0.4 is 0 Å². The minimum Gasteiger partial charge on any atom is -0.458 e. The van der Waals surface area contributed by atoms with E-state index in [9.17, 15) is 4.79 Å². The standard InChI is InChI=1S/C9H14N2O3/c1-7(13-3)6-14-9(12)8-4-5-11(2)10-8/h4-5,7H,6H2,1-3H3/t7-/m0/s1. The first kappa shape index (κ1) is 10.7. The second-order valence-electron chi connectivity index (χ2n) is 3.02. The number of esters is 1. The molecule has 78 valence electrons. The number of hydrogen-bond acceptors (Lipinski definition) is 4. The zero-order chi connectivity index (χ0) is 10.6. The van der Waals surface area contributed by atoms with Gasteiger partial charge in [-0.05, 0) is 13.0 Å². The maximum absolute atomic E-state index is 11.3. The zero-order valence-electron chi connectivity index (χ0n) is 8.56. The average molecular weight is 198 g/mol. The van der Waals surface area contributed by atoms with Crippen LogP contribution in [0.3, 0.4) is 0 Å². The predicted molar refractivity (Wildman–Crippen MR) is 50.0 cm³/mol. The van der Waals surface area contributed by atoms with Gasteiger partial charge < -0.3 is 9.47 Å². The van der Waals surface area contributed by atoms with Crippen LogP contribution in [0.4, 0.5) is 0 Å². The van der Waals surface area contributed by atoms with Crippen molar-refractivity contribution >= 4 is 5.97 Å². The van der Waals surface area contributed by atoms with E-state index in [0.29, 0.717) is 5.69 Å². The molecule has 0 aliphatic carbocycles. The lowest BCUT2D eigenvalue weighted by Crippen LogP contribution is -2.18. The summed E-state index contributed by atoms with van der Waals surface area (Å²) in [6, 6.07) is 1.61. The number of nitrogens with zero attached hydrogens (tertiary/aromatic N) is 2. The number of methoxy groups -OCH3 is 1. The fourth-order valence-electron chi connectivity index (χ4n) is 0.859. The predicted octanol–water partition coefficient (Wildman–Crippen LogP) is 0.612. The van der Waals surface area contributed by atoms with Gasteiger partial charge in [0.2, 0.25) is 0 Å². The summed E-state index contributed by atoms with van der Waals surface area (Å²) in [4.78, 5) is 11.3. The second kappa shape index (κ2) is 4.76. The van der Waals surface area contributed by atoms with Crippen molar-refractivity contribution in [1.82, 2.24) is 9.78 Å². The van der Waals surface area contributed by atoms with Gasteiger partial charge in [-0.25, -0.2) is 4.79 Å². The minimum atomic E-state index is -0.422. The Hall–Kier alpha value is -1.36. The van der Waals surface area contributed by atoms with Gasteiger partial charge in [0, 0.05) is 20.4 Å². The highest BCUT2D eigenvalue weighted by atomic mass is 16.6. The Bertz CT molecular complexity index is 309. The normalized spacial score (nSPS) is 12.5. The van der Waals surface area contributed by atoms with Crippen LogP contribution >= 0.6 is 0 Å². The summed E-state index contributed by atoms with van der Waals surface area (Å²) >= 11 is 0. The maximum Gasteiger partial charge on any atom is 0.358 e. The summed E-state index contributed by atoms with van der Waals surface area (Å²) in [6.45, 7) is 2.07. The first-order chi connectivity index (χ1) is 6.63. The third-order valence-corrected chi connectivity index (χ3v) is 1.77. The van der Waals surface area contributed by atoms with Crippen molar-refractivity contribution in [1.29, 1.82) is 0 Å². The van der Waals surface area contributed by atoms with Crippen LogP contribution in [0.25, 0.3) is 0 Å². The van der Waals surface area contributed by atoms with Gasteiger partial charge in [0.15, 0.2) is 5.69 Å². The van der Waals surface area contributed by atoms with Crippen LogP contribution in [0, 0.1) is 0 Å². The molecular weight excluding hydrogens is 184 g/mol. The number of carbonyl (C=O) groups excluding carboxylic acids is 1. The Morgan fingerprint density at radius 2 is 2.43 bits per heavy atom. The number of aryl methyl sites for hydroxylation is 1. The molecule has 0 saturated carbocycles. The molecule has 0 aromatic carbocycles. The van der Waals surface area contributed by atoms with Crippen LogP contribution in [0.15, 0.2) is 12.3 Å². The molecule has 5 heteroatoms. The second-order valence-corrected chi connectivity index (χ2v) is 3.02. The van der Waals surface area contributed by atoms with E-state index in [1.54, 1.807) is 31.1 Å². The SMILES string of the molecule is CO[C@@H](C)COC(=O)c1ccn(C)n1. The molecule has 0 saturated heterocycles. The topological polar surface area (TPSA) is 53.4 Å². The largest absolute Gasteiger partial charge is 0.458 e. The van der Waals surface area contributed by atoms with Crippen LogP contribution in [0.1, 0.15) is 17.4 Å². The summed E-state index contributed by atoms with van der Waals surface area (Å²) in [5.74, 6) is -0.422. The van der Waals surface area contributed by atoms with Crippen molar-refractivity contribution in [2.75, 3.05) is 13.7 Å². The van der Waals surface area contributed by atoms with Crippen molar-refractivity contribution in [2.24, 2.45) is 7.05 Å². The Labute approximate surface area is 82.6 Å². The quantitative estimate of drug-likeness (QED) is 0.665.